The maximum Gasteiger partial charge on any atom is 0.244 e. The van der Waals surface area contributed by atoms with E-state index in [0.717, 1.165) is 5.56 Å². The van der Waals surface area contributed by atoms with Crippen LogP contribution in [0.4, 0.5) is 0 Å². The topological polar surface area (TPSA) is 29.1 Å². The number of nitrogens with one attached hydrogen (secondary N) is 1. The van der Waals surface area contributed by atoms with Gasteiger partial charge in [-0.05, 0) is 32.4 Å². The summed E-state index contributed by atoms with van der Waals surface area (Å²) in [7, 11) is 0. The van der Waals surface area contributed by atoms with Crippen molar-refractivity contribution in [2.45, 2.75) is 26.3 Å². The van der Waals surface area contributed by atoms with Crippen molar-refractivity contribution < 1.29 is 6.22 Å². The number of hydrogen-bond acceptors (Lipinski definition) is 1. The van der Waals surface area contributed by atoms with E-state index in [2.05, 4.69) is 5.32 Å². The van der Waals surface area contributed by atoms with Crippen LogP contribution in [0.15, 0.2) is 36.4 Å². The summed E-state index contributed by atoms with van der Waals surface area (Å²) in [5.74, 6) is -0.0636. The van der Waals surface area contributed by atoms with Gasteiger partial charge in [0.25, 0.3) is 0 Å². The summed E-state index contributed by atoms with van der Waals surface area (Å²) in [6, 6.07) is 9.76. The van der Waals surface area contributed by atoms with Gasteiger partial charge < -0.3 is 5.32 Å². The van der Waals surface area contributed by atoms with Gasteiger partial charge in [0.05, 0.1) is 0 Å². The standard InChI is InChI=1S/C13H17NO.H2/c1-13(2,3)14-12(15)10-9-11-7-5-4-6-8-11;/h4-10H,1-3H3,(H,14,15);1H/b10-9+;. The minimum absolute atomic E-state index is 0. The van der Waals surface area contributed by atoms with E-state index >= 15 is 0 Å². The summed E-state index contributed by atoms with van der Waals surface area (Å²) in [6.45, 7) is 5.88. The number of hydrogen-bond donors (Lipinski definition) is 1. The molecule has 0 bridgehead atoms. The van der Waals surface area contributed by atoms with Gasteiger partial charge in [0.2, 0.25) is 5.91 Å². The Bertz CT molecular complexity index is 352. The first-order valence-electron chi connectivity index (χ1n) is 5.03. The van der Waals surface area contributed by atoms with Crippen LogP contribution in [0.1, 0.15) is 27.8 Å². The lowest BCUT2D eigenvalue weighted by molar-refractivity contribution is -0.117. The number of carbonyl (C=O) groups is 1. The molecule has 82 valence electrons. The quantitative estimate of drug-likeness (QED) is 0.739. The molecule has 15 heavy (non-hydrogen) atoms. The Balaban J connectivity index is 0.00000225. The minimum atomic E-state index is -0.182. The summed E-state index contributed by atoms with van der Waals surface area (Å²) < 4.78 is 0. The highest BCUT2D eigenvalue weighted by atomic mass is 16.1. The Hall–Kier alpha value is -1.57. The third kappa shape index (κ3) is 5.01. The van der Waals surface area contributed by atoms with Crippen LogP contribution >= 0.6 is 0 Å². The Morgan fingerprint density at radius 2 is 1.87 bits per heavy atom. The van der Waals surface area contributed by atoms with Gasteiger partial charge in [-0.2, -0.15) is 0 Å². The van der Waals surface area contributed by atoms with E-state index in [1.165, 1.54) is 0 Å². The summed E-state index contributed by atoms with van der Waals surface area (Å²) in [5.41, 5.74) is 0.847. The van der Waals surface area contributed by atoms with Crippen molar-refractivity contribution in [3.8, 4) is 0 Å². The first-order chi connectivity index (χ1) is 6.97. The Morgan fingerprint density at radius 1 is 1.27 bits per heavy atom. The predicted molar refractivity (Wildman–Crippen MR) is 65.5 cm³/mol. The fourth-order valence-electron chi connectivity index (χ4n) is 1.15. The molecule has 1 aromatic rings. The number of carbonyl (C=O) groups excluding carboxylic acids is 1. The normalized spacial score (nSPS) is 11.7. The fourth-order valence-corrected chi connectivity index (χ4v) is 1.15. The van der Waals surface area contributed by atoms with Gasteiger partial charge >= 0.3 is 0 Å². The Labute approximate surface area is 92.5 Å². The van der Waals surface area contributed by atoms with Crippen molar-refractivity contribution in [2.24, 2.45) is 0 Å². The van der Waals surface area contributed by atoms with Crippen molar-refractivity contribution in [1.82, 2.24) is 5.32 Å². The molecule has 1 rings (SSSR count). The molecule has 1 aromatic carbocycles. The van der Waals surface area contributed by atoms with Crippen LogP contribution < -0.4 is 5.32 Å². The minimum Gasteiger partial charge on any atom is -0.348 e. The molecule has 0 aliphatic carbocycles. The second kappa shape index (κ2) is 4.78. The van der Waals surface area contributed by atoms with Crippen LogP contribution in [-0.2, 0) is 4.79 Å². The maximum absolute atomic E-state index is 11.4. The molecule has 0 saturated carbocycles. The Kier molecular flexibility index (Phi) is 3.67. The van der Waals surface area contributed by atoms with Crippen LogP contribution in [-0.4, -0.2) is 11.4 Å². The van der Waals surface area contributed by atoms with Crippen molar-refractivity contribution in [3.05, 3.63) is 42.0 Å². The molecule has 2 nitrogen and oxygen atoms in total. The number of rotatable bonds is 2. The van der Waals surface area contributed by atoms with E-state index < -0.39 is 0 Å². The molecule has 0 aliphatic heterocycles. The van der Waals surface area contributed by atoms with E-state index in [1.54, 1.807) is 12.2 Å². The molecule has 0 saturated heterocycles. The van der Waals surface area contributed by atoms with Gasteiger partial charge in [0.15, 0.2) is 0 Å². The highest BCUT2D eigenvalue weighted by Gasteiger charge is 2.10. The van der Waals surface area contributed by atoms with Crippen LogP contribution in [0, 0.1) is 0 Å². The van der Waals surface area contributed by atoms with Gasteiger partial charge in [0, 0.05) is 13.0 Å². The fraction of sp³-hybridized carbons (Fsp3) is 0.308. The molecule has 1 amide bonds. The molecular weight excluding hydrogens is 186 g/mol. The lowest BCUT2D eigenvalue weighted by atomic mass is 10.1. The highest BCUT2D eigenvalue weighted by molar-refractivity contribution is 5.92. The van der Waals surface area contributed by atoms with Crippen LogP contribution in [0.3, 0.4) is 0 Å². The highest BCUT2D eigenvalue weighted by Crippen LogP contribution is 2.02. The van der Waals surface area contributed by atoms with Crippen molar-refractivity contribution >= 4 is 12.0 Å². The largest absolute Gasteiger partial charge is 0.348 e. The van der Waals surface area contributed by atoms with E-state index in [4.69, 9.17) is 0 Å². The predicted octanol–water partition coefficient (Wildman–Crippen LogP) is 2.86. The molecule has 0 spiro atoms. The monoisotopic (exact) mass is 205 g/mol. The zero-order valence-electron chi connectivity index (χ0n) is 9.45. The molecule has 0 fully saturated rings. The van der Waals surface area contributed by atoms with Gasteiger partial charge in [-0.15, -0.1) is 0 Å². The van der Waals surface area contributed by atoms with Crippen LogP contribution in [0.2, 0.25) is 0 Å². The smallest absolute Gasteiger partial charge is 0.244 e. The zero-order chi connectivity index (χ0) is 11.3. The van der Waals surface area contributed by atoms with E-state index in [9.17, 15) is 4.79 Å². The summed E-state index contributed by atoms with van der Waals surface area (Å²) in [6.07, 6.45) is 3.36. The number of amides is 1. The second-order valence-electron chi connectivity index (χ2n) is 4.48. The van der Waals surface area contributed by atoms with Gasteiger partial charge in [-0.25, -0.2) is 0 Å². The first-order valence-corrected chi connectivity index (χ1v) is 5.03. The van der Waals surface area contributed by atoms with E-state index in [0.29, 0.717) is 0 Å². The molecule has 2 heteroatoms. The third-order valence-corrected chi connectivity index (χ3v) is 1.72. The van der Waals surface area contributed by atoms with Crippen molar-refractivity contribution in [1.29, 1.82) is 0 Å². The summed E-state index contributed by atoms with van der Waals surface area (Å²) >= 11 is 0. The maximum atomic E-state index is 11.4. The Morgan fingerprint density at radius 3 is 2.40 bits per heavy atom. The van der Waals surface area contributed by atoms with E-state index in [1.807, 2.05) is 51.1 Å². The van der Waals surface area contributed by atoms with Gasteiger partial charge in [-0.1, -0.05) is 30.3 Å². The third-order valence-electron chi connectivity index (χ3n) is 1.72. The SMILES string of the molecule is CC(C)(C)NC(=O)/C=C/c1ccccc1.[HH]. The zero-order valence-corrected chi connectivity index (χ0v) is 9.45. The summed E-state index contributed by atoms with van der Waals surface area (Å²) in [4.78, 5) is 11.4. The lowest BCUT2D eigenvalue weighted by Crippen LogP contribution is -2.39. The van der Waals surface area contributed by atoms with Crippen molar-refractivity contribution in [2.75, 3.05) is 0 Å². The molecule has 1 N–H and O–H groups in total. The average molecular weight is 205 g/mol. The molecular formula is C13H19NO. The molecule has 0 heterocycles. The van der Waals surface area contributed by atoms with Crippen molar-refractivity contribution in [3.63, 3.8) is 0 Å². The molecule has 0 radical (unpaired) electrons. The van der Waals surface area contributed by atoms with Gasteiger partial charge in [0.1, 0.15) is 0 Å². The number of benzene rings is 1. The van der Waals surface area contributed by atoms with Gasteiger partial charge in [-0.3, -0.25) is 4.79 Å². The molecule has 0 aliphatic rings. The second-order valence-corrected chi connectivity index (χ2v) is 4.48. The van der Waals surface area contributed by atoms with E-state index in [-0.39, 0.29) is 12.9 Å². The van der Waals surface area contributed by atoms with Crippen LogP contribution in [0.5, 0.6) is 0 Å². The first kappa shape index (κ1) is 11.5. The average Bonchev–Trinajstić information content (AvgIpc) is 2.14. The molecule has 0 atom stereocenters. The molecule has 0 aromatic heterocycles. The molecule has 0 unspecified atom stereocenters. The van der Waals surface area contributed by atoms with Crippen LogP contribution in [0.25, 0.3) is 6.08 Å². The summed E-state index contributed by atoms with van der Waals surface area (Å²) in [5, 5.41) is 2.86. The lowest BCUT2D eigenvalue weighted by Gasteiger charge is -2.18.